The minimum Gasteiger partial charge on any atom is -0.444 e. The quantitative estimate of drug-likeness (QED) is 0.434. The zero-order chi connectivity index (χ0) is 12.7. The van der Waals surface area contributed by atoms with Crippen molar-refractivity contribution in [2.24, 2.45) is 5.16 Å². The monoisotopic (exact) mass is 242 g/mol. The molecule has 0 spiro atoms. The van der Waals surface area contributed by atoms with Crippen molar-refractivity contribution < 1.29 is 19.5 Å². The van der Waals surface area contributed by atoms with Crippen LogP contribution in [0.5, 0.6) is 0 Å². The molecule has 3 fully saturated rings. The Kier molecular flexibility index (Phi) is 2.57. The van der Waals surface area contributed by atoms with Crippen molar-refractivity contribution in [2.75, 3.05) is 6.61 Å². The van der Waals surface area contributed by atoms with Crippen LogP contribution in [0.2, 0.25) is 0 Å². The van der Waals surface area contributed by atoms with Gasteiger partial charge in [0.1, 0.15) is 11.2 Å². The van der Waals surface area contributed by atoms with E-state index in [1.54, 1.807) is 0 Å². The van der Waals surface area contributed by atoms with E-state index in [1.165, 1.54) is 6.21 Å². The minimum atomic E-state index is -0.506. The van der Waals surface area contributed by atoms with E-state index >= 15 is 0 Å². The maximum Gasteiger partial charge on any atom is 0.408 e. The summed E-state index contributed by atoms with van der Waals surface area (Å²) >= 11 is 0. The van der Waals surface area contributed by atoms with E-state index in [4.69, 9.17) is 14.7 Å². The van der Waals surface area contributed by atoms with Crippen molar-refractivity contribution in [3.05, 3.63) is 0 Å². The molecule has 17 heavy (non-hydrogen) atoms. The van der Waals surface area contributed by atoms with Gasteiger partial charge >= 0.3 is 6.09 Å². The lowest BCUT2D eigenvalue weighted by atomic mass is 9.69. The van der Waals surface area contributed by atoms with Gasteiger partial charge in [-0.2, -0.15) is 0 Å². The molecule has 2 N–H and O–H groups in total. The molecule has 1 aliphatic carbocycles. The number of fused-ring (bicyclic) bond motifs is 1. The number of ether oxygens (including phenoxy) is 2. The fraction of sp³-hybridized carbons (Fsp3) is 0.818. The fourth-order valence-corrected chi connectivity index (χ4v) is 2.46. The van der Waals surface area contributed by atoms with Gasteiger partial charge in [-0.15, -0.1) is 0 Å². The van der Waals surface area contributed by atoms with Crippen molar-refractivity contribution in [1.29, 1.82) is 0 Å². The van der Waals surface area contributed by atoms with Gasteiger partial charge in [-0.05, 0) is 20.8 Å². The molecule has 0 aromatic carbocycles. The lowest BCUT2D eigenvalue weighted by Crippen LogP contribution is -2.60. The first-order valence-corrected chi connectivity index (χ1v) is 5.62. The standard InChI is InChI=1S/C11H18N2O4/c1-9(2,3)17-8(14)13-10-4-11(5-10,6-12-15)16-7-10/h6,15H,4-5,7H2,1-3H3,(H,13,14)/b12-6+. The molecule has 0 radical (unpaired) electrons. The van der Waals surface area contributed by atoms with Crippen LogP contribution in [0.4, 0.5) is 4.79 Å². The zero-order valence-corrected chi connectivity index (χ0v) is 10.3. The van der Waals surface area contributed by atoms with Gasteiger partial charge in [0.05, 0.1) is 18.4 Å². The van der Waals surface area contributed by atoms with Crippen molar-refractivity contribution in [3.63, 3.8) is 0 Å². The van der Waals surface area contributed by atoms with E-state index in [9.17, 15) is 4.79 Å². The second kappa shape index (κ2) is 3.60. The molecule has 96 valence electrons. The highest BCUT2D eigenvalue weighted by Gasteiger charge is 2.63. The van der Waals surface area contributed by atoms with Crippen LogP contribution in [0, 0.1) is 0 Å². The Morgan fingerprint density at radius 1 is 1.53 bits per heavy atom. The number of hydrogen-bond acceptors (Lipinski definition) is 5. The van der Waals surface area contributed by atoms with Gasteiger partial charge < -0.3 is 20.0 Å². The lowest BCUT2D eigenvalue weighted by molar-refractivity contribution is 0.0360. The molecule has 6 heteroatoms. The minimum absolute atomic E-state index is 0.358. The summed E-state index contributed by atoms with van der Waals surface area (Å²) in [4.78, 5) is 11.6. The molecule has 1 amide bonds. The Labute approximate surface area is 100.0 Å². The predicted octanol–water partition coefficient (Wildman–Crippen LogP) is 1.27. The molecule has 2 heterocycles. The first kappa shape index (κ1) is 12.2. The summed E-state index contributed by atoms with van der Waals surface area (Å²) in [5.41, 5.74) is -1.36. The first-order valence-electron chi connectivity index (χ1n) is 5.62. The van der Waals surface area contributed by atoms with Gasteiger partial charge in [-0.1, -0.05) is 5.16 Å². The first-order chi connectivity index (χ1) is 7.78. The topological polar surface area (TPSA) is 80.2 Å². The van der Waals surface area contributed by atoms with E-state index in [-0.39, 0.29) is 5.54 Å². The molecule has 2 saturated heterocycles. The summed E-state index contributed by atoms with van der Waals surface area (Å²) in [6, 6.07) is 0. The second-order valence-electron chi connectivity index (χ2n) is 5.86. The van der Waals surface area contributed by atoms with Crippen LogP contribution in [0.15, 0.2) is 5.16 Å². The van der Waals surface area contributed by atoms with Gasteiger partial charge in [0.25, 0.3) is 0 Å². The largest absolute Gasteiger partial charge is 0.444 e. The van der Waals surface area contributed by atoms with Crippen molar-refractivity contribution in [3.8, 4) is 0 Å². The third-order valence-corrected chi connectivity index (χ3v) is 2.97. The Balaban J connectivity index is 1.89. The second-order valence-corrected chi connectivity index (χ2v) is 5.86. The van der Waals surface area contributed by atoms with Gasteiger partial charge in [0.15, 0.2) is 0 Å². The molecule has 0 unspecified atom stereocenters. The maximum absolute atomic E-state index is 11.6. The lowest BCUT2D eigenvalue weighted by Gasteiger charge is -2.42. The summed E-state index contributed by atoms with van der Waals surface area (Å²) in [7, 11) is 0. The summed E-state index contributed by atoms with van der Waals surface area (Å²) in [6.45, 7) is 5.88. The van der Waals surface area contributed by atoms with Crippen molar-refractivity contribution in [1.82, 2.24) is 5.32 Å². The average Bonchev–Trinajstić information content (AvgIpc) is 2.55. The SMILES string of the molecule is CC(C)(C)OC(=O)NC12COC(/C=N/O)(C1)C2. The Hall–Kier alpha value is -1.30. The van der Waals surface area contributed by atoms with Crippen molar-refractivity contribution in [2.45, 2.75) is 50.4 Å². The van der Waals surface area contributed by atoms with Crippen LogP contribution >= 0.6 is 0 Å². The molecule has 0 atom stereocenters. The molecule has 0 aromatic rings. The van der Waals surface area contributed by atoms with Crippen LogP contribution < -0.4 is 5.32 Å². The van der Waals surface area contributed by atoms with E-state index in [0.717, 1.165) is 0 Å². The number of carbonyl (C=O) groups excluding carboxylic acids is 1. The van der Waals surface area contributed by atoms with Gasteiger partial charge in [-0.3, -0.25) is 0 Å². The summed E-state index contributed by atoms with van der Waals surface area (Å²) in [5, 5.41) is 14.3. The van der Waals surface area contributed by atoms with Crippen LogP contribution in [-0.2, 0) is 9.47 Å². The molecule has 3 rings (SSSR count). The number of rotatable bonds is 2. The molecule has 0 aromatic heterocycles. The number of alkyl carbamates (subject to hydrolysis) is 1. The van der Waals surface area contributed by atoms with E-state index in [0.29, 0.717) is 19.4 Å². The highest BCUT2D eigenvalue weighted by atomic mass is 16.6. The number of nitrogens with one attached hydrogen (secondary N) is 1. The highest BCUT2D eigenvalue weighted by Crippen LogP contribution is 2.50. The number of oxime groups is 1. The molecular weight excluding hydrogens is 224 g/mol. The summed E-state index contributed by atoms with van der Waals surface area (Å²) in [6.07, 6.45) is 2.21. The number of carbonyl (C=O) groups is 1. The highest BCUT2D eigenvalue weighted by molar-refractivity contribution is 5.75. The normalized spacial score (nSPS) is 35.7. The molecule has 2 bridgehead atoms. The number of amides is 1. The Bertz CT molecular complexity index is 353. The third-order valence-electron chi connectivity index (χ3n) is 2.97. The molecular formula is C11H18N2O4. The van der Waals surface area contributed by atoms with Crippen molar-refractivity contribution >= 4 is 12.3 Å². The number of hydrogen-bond donors (Lipinski definition) is 2. The van der Waals surface area contributed by atoms with E-state index < -0.39 is 17.3 Å². The summed E-state index contributed by atoms with van der Waals surface area (Å²) < 4.78 is 10.7. The predicted molar refractivity (Wildman–Crippen MR) is 60.3 cm³/mol. The van der Waals surface area contributed by atoms with Gasteiger partial charge in [-0.25, -0.2) is 4.79 Å². The van der Waals surface area contributed by atoms with Crippen LogP contribution in [0.3, 0.4) is 0 Å². The fourth-order valence-electron chi connectivity index (χ4n) is 2.46. The van der Waals surface area contributed by atoms with Crippen LogP contribution in [0.25, 0.3) is 0 Å². The molecule has 1 saturated carbocycles. The molecule has 6 nitrogen and oxygen atoms in total. The maximum atomic E-state index is 11.6. The summed E-state index contributed by atoms with van der Waals surface area (Å²) in [5.74, 6) is 0. The zero-order valence-electron chi connectivity index (χ0n) is 10.3. The average molecular weight is 242 g/mol. The molecule has 3 aliphatic rings. The Morgan fingerprint density at radius 3 is 2.71 bits per heavy atom. The van der Waals surface area contributed by atoms with E-state index in [1.807, 2.05) is 20.8 Å². The third kappa shape index (κ3) is 2.36. The number of nitrogens with zero attached hydrogens (tertiary/aromatic N) is 1. The van der Waals surface area contributed by atoms with Crippen LogP contribution in [0.1, 0.15) is 33.6 Å². The van der Waals surface area contributed by atoms with E-state index in [2.05, 4.69) is 10.5 Å². The Morgan fingerprint density at radius 2 is 2.18 bits per heavy atom. The van der Waals surface area contributed by atoms with Gasteiger partial charge in [0, 0.05) is 12.8 Å². The molecule has 2 aliphatic heterocycles. The van der Waals surface area contributed by atoms with Crippen LogP contribution in [-0.4, -0.2) is 40.9 Å². The van der Waals surface area contributed by atoms with Gasteiger partial charge in [0.2, 0.25) is 0 Å². The smallest absolute Gasteiger partial charge is 0.408 e.